The monoisotopic (exact) mass is 215 g/mol. The molecule has 1 aromatic carbocycles. The molecule has 0 aliphatic rings. The average Bonchev–Trinajstić information content (AvgIpc) is 2.29. The van der Waals surface area contributed by atoms with Crippen molar-refractivity contribution in [3.05, 3.63) is 52.4 Å². The van der Waals surface area contributed by atoms with Crippen molar-refractivity contribution in [1.29, 1.82) is 0 Å². The van der Waals surface area contributed by atoms with Crippen molar-refractivity contribution >= 4 is 5.97 Å². The zero-order valence-corrected chi connectivity index (χ0v) is 8.14. The highest BCUT2D eigenvalue weighted by molar-refractivity contribution is 5.83. The van der Waals surface area contributed by atoms with Gasteiger partial charge in [-0.25, -0.2) is 4.98 Å². The van der Waals surface area contributed by atoms with Gasteiger partial charge in [-0.3, -0.25) is 4.79 Å². The van der Waals surface area contributed by atoms with E-state index in [1.807, 2.05) is 6.07 Å². The SMILES string of the molecule is O=C([O-])c1cc(=O)[nH]c(-c2ccccc2)n1. The first-order chi connectivity index (χ1) is 7.66. The fourth-order valence-electron chi connectivity index (χ4n) is 1.29. The number of carbonyl (C=O) groups is 1. The lowest BCUT2D eigenvalue weighted by Gasteiger charge is -2.04. The average molecular weight is 215 g/mol. The Kier molecular flexibility index (Phi) is 2.51. The van der Waals surface area contributed by atoms with E-state index in [4.69, 9.17) is 0 Å². The van der Waals surface area contributed by atoms with Gasteiger partial charge in [-0.2, -0.15) is 0 Å². The topological polar surface area (TPSA) is 85.9 Å². The zero-order chi connectivity index (χ0) is 11.5. The van der Waals surface area contributed by atoms with Gasteiger partial charge in [0.25, 0.3) is 5.56 Å². The maximum atomic E-state index is 11.2. The van der Waals surface area contributed by atoms with Crippen LogP contribution in [-0.2, 0) is 0 Å². The molecule has 0 bridgehead atoms. The summed E-state index contributed by atoms with van der Waals surface area (Å²) < 4.78 is 0. The number of aromatic carboxylic acids is 1. The van der Waals surface area contributed by atoms with E-state index in [0.717, 1.165) is 6.07 Å². The maximum absolute atomic E-state index is 11.2. The van der Waals surface area contributed by atoms with Crippen molar-refractivity contribution in [1.82, 2.24) is 9.97 Å². The molecule has 0 spiro atoms. The normalized spacial score (nSPS) is 10.0. The Labute approximate surface area is 90.4 Å². The predicted molar refractivity (Wildman–Crippen MR) is 54.6 cm³/mol. The molecule has 2 aromatic rings. The second kappa shape index (κ2) is 3.98. The highest BCUT2D eigenvalue weighted by atomic mass is 16.4. The third-order valence-electron chi connectivity index (χ3n) is 2.00. The molecule has 0 aliphatic heterocycles. The van der Waals surface area contributed by atoms with E-state index in [0.29, 0.717) is 5.56 Å². The third kappa shape index (κ3) is 1.98. The van der Waals surface area contributed by atoms with Gasteiger partial charge in [0.15, 0.2) is 0 Å². The van der Waals surface area contributed by atoms with Gasteiger partial charge in [-0.15, -0.1) is 0 Å². The lowest BCUT2D eigenvalue weighted by atomic mass is 10.2. The van der Waals surface area contributed by atoms with E-state index in [1.165, 1.54) is 0 Å². The van der Waals surface area contributed by atoms with Gasteiger partial charge < -0.3 is 14.9 Å². The Morgan fingerprint density at radius 2 is 1.94 bits per heavy atom. The number of aromatic nitrogens is 2. The van der Waals surface area contributed by atoms with Gasteiger partial charge in [0.1, 0.15) is 5.82 Å². The number of hydrogen-bond donors (Lipinski definition) is 1. The van der Waals surface area contributed by atoms with Crippen LogP contribution in [0.4, 0.5) is 0 Å². The number of nitrogens with one attached hydrogen (secondary N) is 1. The minimum Gasteiger partial charge on any atom is -0.543 e. The van der Waals surface area contributed by atoms with Crippen molar-refractivity contribution in [2.24, 2.45) is 0 Å². The molecule has 0 amide bonds. The lowest BCUT2D eigenvalue weighted by molar-refractivity contribution is -0.255. The molecule has 1 aromatic heterocycles. The van der Waals surface area contributed by atoms with Crippen molar-refractivity contribution in [2.75, 3.05) is 0 Å². The summed E-state index contributed by atoms with van der Waals surface area (Å²) in [5.74, 6) is -1.25. The minimum atomic E-state index is -1.47. The molecular formula is C11H7N2O3-. The van der Waals surface area contributed by atoms with Crippen molar-refractivity contribution in [3.8, 4) is 11.4 Å². The number of hydrogen-bond acceptors (Lipinski definition) is 4. The largest absolute Gasteiger partial charge is 0.543 e. The summed E-state index contributed by atoms with van der Waals surface area (Å²) in [6, 6.07) is 9.67. The molecule has 16 heavy (non-hydrogen) atoms. The molecule has 0 unspecified atom stereocenters. The van der Waals surface area contributed by atoms with E-state index in [-0.39, 0.29) is 11.5 Å². The number of aromatic amines is 1. The van der Waals surface area contributed by atoms with E-state index in [2.05, 4.69) is 9.97 Å². The van der Waals surface area contributed by atoms with Crippen LogP contribution in [-0.4, -0.2) is 15.9 Å². The minimum absolute atomic E-state index is 0.215. The first kappa shape index (κ1) is 10.1. The summed E-state index contributed by atoms with van der Waals surface area (Å²) in [5, 5.41) is 10.6. The zero-order valence-electron chi connectivity index (χ0n) is 8.14. The molecule has 1 heterocycles. The van der Waals surface area contributed by atoms with Crippen molar-refractivity contribution < 1.29 is 9.90 Å². The van der Waals surface area contributed by atoms with Gasteiger partial charge in [-0.1, -0.05) is 30.3 Å². The number of benzene rings is 1. The number of carbonyl (C=O) groups excluding carboxylic acids is 1. The van der Waals surface area contributed by atoms with Crippen LogP contribution in [0.15, 0.2) is 41.2 Å². The molecule has 0 saturated heterocycles. The first-order valence-electron chi connectivity index (χ1n) is 4.55. The fourth-order valence-corrected chi connectivity index (χ4v) is 1.29. The summed E-state index contributed by atoms with van der Waals surface area (Å²) in [6.45, 7) is 0. The van der Waals surface area contributed by atoms with Gasteiger partial charge in [0, 0.05) is 11.6 Å². The Morgan fingerprint density at radius 1 is 1.25 bits per heavy atom. The third-order valence-corrected chi connectivity index (χ3v) is 2.00. The number of carboxylic acid groups (broad SMARTS) is 1. The lowest BCUT2D eigenvalue weighted by Crippen LogP contribution is -2.26. The van der Waals surface area contributed by atoms with Gasteiger partial charge in [-0.05, 0) is 0 Å². The van der Waals surface area contributed by atoms with Crippen LogP contribution >= 0.6 is 0 Å². The number of carboxylic acids is 1. The van der Waals surface area contributed by atoms with Gasteiger partial charge >= 0.3 is 0 Å². The highest BCUT2D eigenvalue weighted by Crippen LogP contribution is 2.11. The molecule has 2 rings (SSSR count). The van der Waals surface area contributed by atoms with E-state index in [9.17, 15) is 14.7 Å². The quantitative estimate of drug-likeness (QED) is 0.751. The Hall–Kier alpha value is -2.43. The van der Waals surface area contributed by atoms with Crippen molar-refractivity contribution in [3.63, 3.8) is 0 Å². The van der Waals surface area contributed by atoms with Crippen LogP contribution in [0, 0.1) is 0 Å². The summed E-state index contributed by atoms with van der Waals surface area (Å²) in [4.78, 5) is 28.1. The molecule has 1 N–H and O–H groups in total. The molecule has 0 saturated carbocycles. The van der Waals surface area contributed by atoms with E-state index in [1.54, 1.807) is 24.3 Å². The molecule has 0 aliphatic carbocycles. The van der Waals surface area contributed by atoms with Crippen LogP contribution in [0.3, 0.4) is 0 Å². The highest BCUT2D eigenvalue weighted by Gasteiger charge is 2.03. The van der Waals surface area contributed by atoms with Crippen molar-refractivity contribution in [2.45, 2.75) is 0 Å². The molecule has 5 heteroatoms. The standard InChI is InChI=1S/C11H8N2O3/c14-9-6-8(11(15)16)12-10(13-9)7-4-2-1-3-5-7/h1-6H,(H,15,16)(H,12,13,14)/p-1. The van der Waals surface area contributed by atoms with E-state index < -0.39 is 11.5 Å². The smallest absolute Gasteiger partial charge is 0.251 e. The molecule has 80 valence electrons. The molecule has 0 fully saturated rings. The molecule has 0 atom stereocenters. The Balaban J connectivity index is 2.58. The maximum Gasteiger partial charge on any atom is 0.251 e. The first-order valence-corrected chi connectivity index (χ1v) is 4.55. The Bertz CT molecular complexity index is 575. The molecule has 0 radical (unpaired) electrons. The second-order valence-electron chi connectivity index (χ2n) is 3.13. The summed E-state index contributed by atoms with van der Waals surface area (Å²) in [6.07, 6.45) is 0. The Morgan fingerprint density at radius 3 is 2.56 bits per heavy atom. The molecular weight excluding hydrogens is 208 g/mol. The number of rotatable bonds is 2. The van der Waals surface area contributed by atoms with Crippen LogP contribution < -0.4 is 10.7 Å². The number of H-pyrrole nitrogens is 1. The molecule has 5 nitrogen and oxygen atoms in total. The summed E-state index contributed by atoms with van der Waals surface area (Å²) in [5.41, 5.74) is -0.252. The van der Waals surface area contributed by atoms with Crippen LogP contribution in [0.1, 0.15) is 10.5 Å². The fraction of sp³-hybridized carbons (Fsp3) is 0. The van der Waals surface area contributed by atoms with Gasteiger partial charge in [0.05, 0.1) is 11.7 Å². The van der Waals surface area contributed by atoms with E-state index >= 15 is 0 Å². The second-order valence-corrected chi connectivity index (χ2v) is 3.13. The number of nitrogens with zero attached hydrogens (tertiary/aromatic N) is 1. The predicted octanol–water partition coefficient (Wildman–Crippen LogP) is -0.200. The summed E-state index contributed by atoms with van der Waals surface area (Å²) in [7, 11) is 0. The van der Waals surface area contributed by atoms with Crippen LogP contribution in [0.2, 0.25) is 0 Å². The summed E-state index contributed by atoms with van der Waals surface area (Å²) >= 11 is 0. The van der Waals surface area contributed by atoms with Crippen LogP contribution in [0.25, 0.3) is 11.4 Å². The van der Waals surface area contributed by atoms with Crippen LogP contribution in [0.5, 0.6) is 0 Å². The van der Waals surface area contributed by atoms with Gasteiger partial charge in [0.2, 0.25) is 0 Å².